The number of morpholine rings is 1. The van der Waals surface area contributed by atoms with Gasteiger partial charge in [0.05, 0.1) is 13.2 Å². The second-order valence-corrected chi connectivity index (χ2v) is 5.84. The van der Waals surface area contributed by atoms with Gasteiger partial charge < -0.3 is 9.64 Å². The van der Waals surface area contributed by atoms with Crippen molar-refractivity contribution in [1.82, 2.24) is 4.90 Å². The van der Waals surface area contributed by atoms with E-state index in [-0.39, 0.29) is 11.3 Å². The number of rotatable bonds is 2. The van der Waals surface area contributed by atoms with Crippen LogP contribution in [0.5, 0.6) is 0 Å². The third-order valence-corrected chi connectivity index (χ3v) is 4.49. The molecule has 17 heavy (non-hydrogen) atoms. The zero-order valence-corrected chi connectivity index (χ0v) is 11.3. The lowest BCUT2D eigenvalue weighted by molar-refractivity contribution is -0.136. The van der Waals surface area contributed by atoms with Gasteiger partial charge in [-0.15, -0.1) is 11.6 Å². The summed E-state index contributed by atoms with van der Waals surface area (Å²) in [7, 11) is 0. The minimum Gasteiger partial charge on any atom is -0.378 e. The van der Waals surface area contributed by atoms with Crippen molar-refractivity contribution in [2.45, 2.75) is 38.0 Å². The molecule has 0 aromatic heterocycles. The van der Waals surface area contributed by atoms with Crippen molar-refractivity contribution in [3.63, 3.8) is 0 Å². The van der Waals surface area contributed by atoms with Crippen LogP contribution >= 0.6 is 11.6 Å². The largest absolute Gasteiger partial charge is 0.378 e. The normalized spacial score (nSPS) is 32.2. The van der Waals surface area contributed by atoms with E-state index in [1.165, 1.54) is 12.8 Å². The van der Waals surface area contributed by atoms with Gasteiger partial charge in [-0.25, -0.2) is 0 Å². The second-order valence-electron chi connectivity index (χ2n) is 5.37. The fourth-order valence-corrected chi connectivity index (χ4v) is 3.27. The number of nitrogens with zero attached hydrogens (tertiary/aromatic N) is 1. The van der Waals surface area contributed by atoms with Crippen LogP contribution in [0.15, 0.2) is 0 Å². The van der Waals surface area contributed by atoms with Gasteiger partial charge in [0.1, 0.15) is 5.38 Å². The van der Waals surface area contributed by atoms with Crippen molar-refractivity contribution in [3.05, 3.63) is 0 Å². The number of alkyl halides is 1. The summed E-state index contributed by atoms with van der Waals surface area (Å²) < 4.78 is 5.26. The Labute approximate surface area is 108 Å². The molecule has 98 valence electrons. The van der Waals surface area contributed by atoms with Crippen LogP contribution in [0, 0.1) is 11.8 Å². The fourth-order valence-electron chi connectivity index (χ4n) is 2.91. The molecule has 1 saturated heterocycles. The van der Waals surface area contributed by atoms with E-state index in [0.717, 1.165) is 12.8 Å². The van der Waals surface area contributed by atoms with E-state index >= 15 is 0 Å². The summed E-state index contributed by atoms with van der Waals surface area (Å²) in [6.45, 7) is 4.95. The average Bonchev–Trinajstić information content (AvgIpc) is 2.38. The van der Waals surface area contributed by atoms with Gasteiger partial charge in [-0.1, -0.05) is 19.8 Å². The van der Waals surface area contributed by atoms with Crippen molar-refractivity contribution in [2.75, 3.05) is 26.3 Å². The van der Waals surface area contributed by atoms with Gasteiger partial charge in [-0.3, -0.25) is 4.79 Å². The maximum Gasteiger partial charge on any atom is 0.241 e. The number of halogens is 1. The third kappa shape index (κ3) is 3.35. The number of hydrogen-bond donors (Lipinski definition) is 0. The summed E-state index contributed by atoms with van der Waals surface area (Å²) in [4.78, 5) is 14.1. The first kappa shape index (κ1) is 13.2. The molecule has 0 aromatic carbocycles. The Kier molecular flexibility index (Phi) is 4.69. The molecule has 4 heteroatoms. The Morgan fingerprint density at radius 3 is 2.71 bits per heavy atom. The van der Waals surface area contributed by atoms with Gasteiger partial charge in [-0.2, -0.15) is 0 Å². The van der Waals surface area contributed by atoms with Crippen molar-refractivity contribution in [1.29, 1.82) is 0 Å². The molecule has 3 nitrogen and oxygen atoms in total. The Bertz CT molecular complexity index is 266. The molecular formula is C13H22ClNO2. The van der Waals surface area contributed by atoms with Gasteiger partial charge in [-0.05, 0) is 24.7 Å². The van der Waals surface area contributed by atoms with Gasteiger partial charge in [0.15, 0.2) is 0 Å². The minimum atomic E-state index is -0.323. The molecule has 0 radical (unpaired) electrons. The van der Waals surface area contributed by atoms with Crippen molar-refractivity contribution in [2.24, 2.45) is 11.8 Å². The topological polar surface area (TPSA) is 29.5 Å². The number of carbonyl (C=O) groups excluding carboxylic acids is 1. The maximum absolute atomic E-state index is 12.2. The van der Waals surface area contributed by atoms with E-state index < -0.39 is 0 Å². The second kappa shape index (κ2) is 6.05. The molecule has 0 bridgehead atoms. The minimum absolute atomic E-state index is 0.120. The highest BCUT2D eigenvalue weighted by Crippen LogP contribution is 2.33. The Morgan fingerprint density at radius 1 is 1.35 bits per heavy atom. The molecule has 2 aliphatic rings. The number of ether oxygens (including phenoxy) is 1. The first-order valence-corrected chi connectivity index (χ1v) is 7.12. The Balaban J connectivity index is 1.89. The van der Waals surface area contributed by atoms with Crippen molar-refractivity contribution in [3.8, 4) is 0 Å². The van der Waals surface area contributed by atoms with Crippen molar-refractivity contribution < 1.29 is 9.53 Å². The highest BCUT2D eigenvalue weighted by Gasteiger charge is 2.33. The number of hydrogen-bond acceptors (Lipinski definition) is 2. The van der Waals surface area contributed by atoms with Gasteiger partial charge in [0, 0.05) is 13.1 Å². The van der Waals surface area contributed by atoms with Crippen molar-refractivity contribution >= 4 is 17.5 Å². The SMILES string of the molecule is CC1CCCC(C(Cl)C(=O)N2CCOCC2)C1. The first-order valence-electron chi connectivity index (χ1n) is 6.69. The number of carbonyl (C=O) groups is 1. The first-order chi connectivity index (χ1) is 8.18. The molecule has 3 unspecified atom stereocenters. The summed E-state index contributed by atoms with van der Waals surface area (Å²) >= 11 is 6.38. The van der Waals surface area contributed by atoms with E-state index in [1.807, 2.05) is 4.90 Å². The van der Waals surface area contributed by atoms with Crippen LogP contribution in [0.2, 0.25) is 0 Å². The maximum atomic E-state index is 12.2. The molecule has 1 aliphatic heterocycles. The molecule has 0 N–H and O–H groups in total. The molecular weight excluding hydrogens is 238 g/mol. The number of amides is 1. The van der Waals surface area contributed by atoms with Crippen LogP contribution in [-0.4, -0.2) is 42.5 Å². The summed E-state index contributed by atoms with van der Waals surface area (Å²) in [5, 5.41) is -0.323. The monoisotopic (exact) mass is 259 g/mol. The zero-order valence-electron chi connectivity index (χ0n) is 10.5. The Hall–Kier alpha value is -0.280. The molecule has 0 spiro atoms. The predicted molar refractivity (Wildman–Crippen MR) is 68.2 cm³/mol. The lowest BCUT2D eigenvalue weighted by atomic mass is 9.80. The summed E-state index contributed by atoms with van der Waals surface area (Å²) in [6.07, 6.45) is 4.70. The highest BCUT2D eigenvalue weighted by molar-refractivity contribution is 6.30. The van der Waals surface area contributed by atoms with Crippen LogP contribution in [0.25, 0.3) is 0 Å². The zero-order chi connectivity index (χ0) is 12.3. The van der Waals surface area contributed by atoms with Crippen LogP contribution in [0.4, 0.5) is 0 Å². The lowest BCUT2D eigenvalue weighted by Gasteiger charge is -2.34. The standard InChI is InChI=1S/C13H22ClNO2/c1-10-3-2-4-11(9-10)12(14)13(16)15-5-7-17-8-6-15/h10-12H,2-9H2,1H3. The van der Waals surface area contributed by atoms with Gasteiger partial charge in [0.2, 0.25) is 5.91 Å². The average molecular weight is 260 g/mol. The van der Waals surface area contributed by atoms with Crippen LogP contribution in [0.1, 0.15) is 32.6 Å². The smallest absolute Gasteiger partial charge is 0.241 e. The van der Waals surface area contributed by atoms with Crippen LogP contribution in [-0.2, 0) is 9.53 Å². The fraction of sp³-hybridized carbons (Fsp3) is 0.923. The van der Waals surface area contributed by atoms with E-state index in [9.17, 15) is 4.79 Å². The molecule has 1 saturated carbocycles. The van der Waals surface area contributed by atoms with Crippen LogP contribution in [0.3, 0.4) is 0 Å². The van der Waals surface area contributed by atoms with Crippen LogP contribution < -0.4 is 0 Å². The molecule has 2 fully saturated rings. The molecule has 1 heterocycles. The predicted octanol–water partition coefficient (Wildman–Crippen LogP) is 2.28. The van der Waals surface area contributed by atoms with E-state index in [4.69, 9.17) is 16.3 Å². The molecule has 3 atom stereocenters. The quantitative estimate of drug-likeness (QED) is 0.712. The molecule has 2 rings (SSSR count). The molecule has 1 aliphatic carbocycles. The summed E-state index contributed by atoms with van der Waals surface area (Å²) in [6, 6.07) is 0. The lowest BCUT2D eigenvalue weighted by Crippen LogP contribution is -2.46. The third-order valence-electron chi connectivity index (χ3n) is 3.95. The van der Waals surface area contributed by atoms with E-state index in [2.05, 4.69) is 6.92 Å². The molecule has 1 amide bonds. The van der Waals surface area contributed by atoms with E-state index in [0.29, 0.717) is 38.1 Å². The molecule has 0 aromatic rings. The van der Waals surface area contributed by atoms with E-state index in [1.54, 1.807) is 0 Å². The Morgan fingerprint density at radius 2 is 2.06 bits per heavy atom. The van der Waals surface area contributed by atoms with Gasteiger partial charge >= 0.3 is 0 Å². The summed E-state index contributed by atoms with van der Waals surface area (Å²) in [5.41, 5.74) is 0. The van der Waals surface area contributed by atoms with Gasteiger partial charge in [0.25, 0.3) is 0 Å². The highest BCUT2D eigenvalue weighted by atomic mass is 35.5. The summed E-state index contributed by atoms with van der Waals surface area (Å²) in [5.74, 6) is 1.21.